The number of carbonyl (C=O) groups excluding carboxylic acids is 2. The van der Waals surface area contributed by atoms with E-state index in [1.54, 1.807) is 34.9 Å². The number of carbonyl (C=O) groups is 2. The summed E-state index contributed by atoms with van der Waals surface area (Å²) in [7, 11) is 3.40. The van der Waals surface area contributed by atoms with Gasteiger partial charge in [0.25, 0.3) is 0 Å². The Morgan fingerprint density at radius 1 is 1.12 bits per heavy atom. The topological polar surface area (TPSA) is 92.5 Å². The fourth-order valence-corrected chi connectivity index (χ4v) is 5.12. The predicted molar refractivity (Wildman–Crippen MR) is 163 cm³/mol. The molecule has 1 fully saturated rings. The smallest absolute Gasteiger partial charge is 0.427 e. The van der Waals surface area contributed by atoms with Gasteiger partial charge in [-0.25, -0.2) is 14.3 Å². The van der Waals surface area contributed by atoms with Crippen molar-refractivity contribution in [2.45, 2.75) is 66.0 Å². The van der Waals surface area contributed by atoms with Crippen LogP contribution in [0.4, 0.5) is 4.79 Å². The zero-order chi connectivity index (χ0) is 30.6. The van der Waals surface area contributed by atoms with Crippen LogP contribution in [0.15, 0.2) is 36.4 Å². The van der Waals surface area contributed by atoms with Crippen molar-refractivity contribution in [2.75, 3.05) is 40.3 Å². The Morgan fingerprint density at radius 3 is 2.48 bits per heavy atom. The fourth-order valence-electron chi connectivity index (χ4n) is 5.12. The fraction of sp³-hybridized carbons (Fsp3) is 0.500. The number of nitrogens with zero attached hydrogens (tertiary/aromatic N) is 6. The number of hydrogen-bond acceptors (Lipinski definition) is 8. The van der Waals surface area contributed by atoms with E-state index in [4.69, 9.17) is 19.7 Å². The highest BCUT2D eigenvalue weighted by Gasteiger charge is 2.36. The van der Waals surface area contributed by atoms with E-state index in [0.717, 1.165) is 41.1 Å². The molecular weight excluding hydrogens is 532 g/mol. The van der Waals surface area contributed by atoms with Crippen LogP contribution in [0.5, 0.6) is 0 Å². The first kappa shape index (κ1) is 31.2. The highest BCUT2D eigenvalue weighted by molar-refractivity contribution is 5.81. The van der Waals surface area contributed by atoms with Crippen LogP contribution in [0.2, 0.25) is 0 Å². The lowest BCUT2D eigenvalue weighted by Gasteiger charge is -2.39. The maximum atomic E-state index is 12.9. The number of aromatic nitrogens is 3. The summed E-state index contributed by atoms with van der Waals surface area (Å²) in [4.78, 5) is 39.1. The third-order valence-electron chi connectivity index (χ3n) is 7.17. The predicted octanol–water partition coefficient (Wildman–Crippen LogP) is 4.45. The molecule has 1 aliphatic rings. The van der Waals surface area contributed by atoms with Crippen LogP contribution in [0.3, 0.4) is 0 Å². The van der Waals surface area contributed by atoms with Crippen molar-refractivity contribution in [1.82, 2.24) is 29.5 Å². The Morgan fingerprint density at radius 2 is 1.83 bits per heavy atom. The minimum absolute atomic E-state index is 0.124. The molecule has 0 radical (unpaired) electrons. The molecule has 0 bridgehead atoms. The molecule has 3 aromatic rings. The van der Waals surface area contributed by atoms with Gasteiger partial charge in [0.05, 0.1) is 5.69 Å². The lowest BCUT2D eigenvalue weighted by molar-refractivity contribution is -0.192. The van der Waals surface area contributed by atoms with Gasteiger partial charge in [0, 0.05) is 63.6 Å². The first-order valence-electron chi connectivity index (χ1n) is 14.6. The quantitative estimate of drug-likeness (QED) is 0.363. The molecule has 1 saturated heterocycles. The molecule has 0 saturated carbocycles. The van der Waals surface area contributed by atoms with Crippen LogP contribution in [0.25, 0.3) is 11.7 Å². The summed E-state index contributed by atoms with van der Waals surface area (Å²) < 4.78 is 7.24. The summed E-state index contributed by atoms with van der Waals surface area (Å²) in [6, 6.07) is 10.0. The molecule has 42 heavy (non-hydrogen) atoms. The van der Waals surface area contributed by atoms with Gasteiger partial charge in [-0.1, -0.05) is 43.3 Å². The number of benzene rings is 1. The Labute approximate surface area is 248 Å². The Hall–Kier alpha value is -3.76. The van der Waals surface area contributed by atoms with E-state index < -0.39 is 17.8 Å². The maximum Gasteiger partial charge on any atom is 0.528 e. The molecule has 0 aliphatic carbocycles. The summed E-state index contributed by atoms with van der Waals surface area (Å²) in [6.45, 7) is 13.7. The number of ether oxygens (including phenoxy) is 1. The van der Waals surface area contributed by atoms with Crippen LogP contribution >= 0.6 is 0 Å². The molecule has 1 aromatic carbocycles. The first-order valence-corrected chi connectivity index (χ1v) is 14.6. The van der Waals surface area contributed by atoms with Crippen LogP contribution in [-0.4, -0.2) is 93.4 Å². The maximum absolute atomic E-state index is 12.9. The third-order valence-corrected chi connectivity index (χ3v) is 7.17. The molecule has 0 spiro atoms. The van der Waals surface area contributed by atoms with Crippen molar-refractivity contribution in [2.24, 2.45) is 0 Å². The van der Waals surface area contributed by atoms with Gasteiger partial charge < -0.3 is 14.5 Å². The molecule has 4 rings (SSSR count). The molecular formula is C32H44N6O4. The molecule has 10 nitrogen and oxygen atoms in total. The van der Waals surface area contributed by atoms with Gasteiger partial charge in [0.1, 0.15) is 11.6 Å². The standard InChI is InChI=1S/C32H44N6O4/c1-9-27-26(29-33-22(2)19-23(3)38(29)34-27)20-25-14-12-24(13-15-25)11-10-16-36-17-18-37(28(21-36)30(39)35(7)8)42-31(40)41-32(4,5)6/h10-15,19,28H,9,16-18,20-21H2,1-8H3/b11-10+/t28-/m1/s1. The monoisotopic (exact) mass is 576 g/mol. The van der Waals surface area contributed by atoms with Gasteiger partial charge in [-0.2, -0.15) is 5.10 Å². The van der Waals surface area contributed by atoms with Gasteiger partial charge in [-0.15, -0.1) is 5.06 Å². The van der Waals surface area contributed by atoms with Crippen molar-refractivity contribution >= 4 is 23.8 Å². The van der Waals surface area contributed by atoms with Crippen molar-refractivity contribution in [1.29, 1.82) is 0 Å². The molecule has 226 valence electrons. The Balaban J connectivity index is 1.38. The van der Waals surface area contributed by atoms with E-state index in [1.165, 1.54) is 21.1 Å². The molecule has 1 amide bonds. The second-order valence-corrected chi connectivity index (χ2v) is 12.1. The largest absolute Gasteiger partial charge is 0.528 e. The third kappa shape index (κ3) is 7.74. The number of likely N-dealkylation sites (N-methyl/N-ethyl adjacent to an activating group) is 1. The number of fused-ring (bicyclic) bond motifs is 1. The lowest BCUT2D eigenvalue weighted by Crippen LogP contribution is -2.59. The van der Waals surface area contributed by atoms with Crippen LogP contribution in [0, 0.1) is 13.8 Å². The number of hydrogen-bond donors (Lipinski definition) is 0. The SMILES string of the molecule is CCc1nn2c(C)cc(C)nc2c1Cc1ccc(/C=C/CN2CCN(OC(=O)OC(C)(C)C)[C@@H](C(=O)N(C)C)C2)cc1. The van der Waals surface area contributed by atoms with Gasteiger partial charge >= 0.3 is 6.16 Å². The zero-order valence-electron chi connectivity index (χ0n) is 26.2. The van der Waals surface area contributed by atoms with Crippen molar-refractivity contribution in [3.8, 4) is 0 Å². The van der Waals surface area contributed by atoms with Gasteiger partial charge in [0.15, 0.2) is 5.65 Å². The van der Waals surface area contributed by atoms with Crippen LogP contribution < -0.4 is 0 Å². The number of rotatable bonds is 8. The normalized spacial score (nSPS) is 16.7. The Kier molecular flexibility index (Phi) is 9.68. The number of aryl methyl sites for hydroxylation is 3. The number of amides is 1. The second kappa shape index (κ2) is 13.0. The second-order valence-electron chi connectivity index (χ2n) is 12.1. The average Bonchev–Trinajstić information content (AvgIpc) is 3.26. The summed E-state index contributed by atoms with van der Waals surface area (Å²) in [6.07, 6.45) is 5.04. The van der Waals surface area contributed by atoms with Gasteiger partial charge in [-0.3, -0.25) is 9.69 Å². The molecule has 0 unspecified atom stereocenters. The van der Waals surface area contributed by atoms with E-state index in [2.05, 4.69) is 61.2 Å². The van der Waals surface area contributed by atoms with Crippen molar-refractivity contribution in [3.63, 3.8) is 0 Å². The summed E-state index contributed by atoms with van der Waals surface area (Å²) in [5.41, 5.74) is 6.94. The van der Waals surface area contributed by atoms with Crippen molar-refractivity contribution in [3.05, 3.63) is 70.2 Å². The average molecular weight is 577 g/mol. The highest BCUT2D eigenvalue weighted by atomic mass is 16.8. The molecule has 10 heteroatoms. The van der Waals surface area contributed by atoms with E-state index >= 15 is 0 Å². The summed E-state index contributed by atoms with van der Waals surface area (Å²) in [5, 5.41) is 6.26. The van der Waals surface area contributed by atoms with Crippen LogP contribution in [-0.2, 0) is 27.2 Å². The summed E-state index contributed by atoms with van der Waals surface area (Å²) in [5.74, 6) is -0.124. The van der Waals surface area contributed by atoms with E-state index in [9.17, 15) is 9.59 Å². The Bertz CT molecular complexity index is 1440. The zero-order valence-corrected chi connectivity index (χ0v) is 26.2. The van der Waals surface area contributed by atoms with Gasteiger partial charge in [-0.05, 0) is 58.2 Å². The van der Waals surface area contributed by atoms with E-state index in [1.807, 2.05) is 11.4 Å². The molecule has 2 aromatic heterocycles. The summed E-state index contributed by atoms with van der Waals surface area (Å²) >= 11 is 0. The molecule has 3 heterocycles. The van der Waals surface area contributed by atoms with Crippen LogP contribution in [0.1, 0.15) is 61.5 Å². The minimum atomic E-state index is -0.801. The minimum Gasteiger partial charge on any atom is -0.427 e. The highest BCUT2D eigenvalue weighted by Crippen LogP contribution is 2.22. The van der Waals surface area contributed by atoms with Crippen molar-refractivity contribution < 1.29 is 19.2 Å². The first-order chi connectivity index (χ1) is 19.8. The van der Waals surface area contributed by atoms with E-state index in [0.29, 0.717) is 26.2 Å². The lowest BCUT2D eigenvalue weighted by atomic mass is 10.0. The molecule has 0 N–H and O–H groups in total. The number of piperazine rings is 1. The van der Waals surface area contributed by atoms with Gasteiger partial charge in [0.2, 0.25) is 5.91 Å². The van der Waals surface area contributed by atoms with E-state index in [-0.39, 0.29) is 5.91 Å². The molecule has 1 aliphatic heterocycles. The molecule has 1 atom stereocenters. The number of hydroxylamine groups is 2.